The minimum absolute atomic E-state index is 0.0350. The smallest absolute Gasteiger partial charge is 0.272 e. The lowest BCUT2D eigenvalue weighted by atomic mass is 9.87. The summed E-state index contributed by atoms with van der Waals surface area (Å²) in [6, 6.07) is 3.37. The summed E-state index contributed by atoms with van der Waals surface area (Å²) in [7, 11) is 0. The Balaban J connectivity index is 2.03. The number of pyridine rings is 1. The molecule has 1 aromatic heterocycles. The molecule has 5 heteroatoms. The predicted octanol–water partition coefficient (Wildman–Crippen LogP) is 2.87. The molecule has 1 aliphatic rings. The van der Waals surface area contributed by atoms with Crippen LogP contribution >= 0.6 is 0 Å². The van der Waals surface area contributed by atoms with E-state index in [0.717, 1.165) is 13.1 Å². The van der Waals surface area contributed by atoms with E-state index >= 15 is 0 Å². The van der Waals surface area contributed by atoms with Crippen LogP contribution in [0.1, 0.15) is 62.4 Å². The summed E-state index contributed by atoms with van der Waals surface area (Å²) in [5.74, 6) is -0.0221. The molecule has 1 amide bonds. The number of hydrogen-bond donors (Lipinski definition) is 0. The van der Waals surface area contributed by atoms with Gasteiger partial charge < -0.3 is 4.90 Å². The number of Topliss-reactive ketones (excluding diaryl/α,β-unsaturated/α-hetero) is 1. The number of hydrogen-bond acceptors (Lipinski definition) is 4. The van der Waals surface area contributed by atoms with Gasteiger partial charge in [0.05, 0.1) is 0 Å². The second-order valence-corrected chi connectivity index (χ2v) is 8.46. The highest BCUT2D eigenvalue weighted by Crippen LogP contribution is 2.21. The molecule has 0 aliphatic carbocycles. The third-order valence-corrected chi connectivity index (χ3v) is 4.44. The Kier molecular flexibility index (Phi) is 5.14. The lowest BCUT2D eigenvalue weighted by molar-refractivity contribution is 0.0446. The summed E-state index contributed by atoms with van der Waals surface area (Å²) in [4.78, 5) is 33.3. The Morgan fingerprint density at radius 2 is 1.54 bits per heavy atom. The molecule has 1 aliphatic heterocycles. The second-order valence-electron chi connectivity index (χ2n) is 8.46. The van der Waals surface area contributed by atoms with Gasteiger partial charge >= 0.3 is 0 Å². The second kappa shape index (κ2) is 6.63. The lowest BCUT2D eigenvalue weighted by Crippen LogP contribution is -2.54. The zero-order valence-electron chi connectivity index (χ0n) is 15.7. The molecule has 24 heavy (non-hydrogen) atoms. The van der Waals surface area contributed by atoms with Crippen molar-refractivity contribution in [3.63, 3.8) is 0 Å². The van der Waals surface area contributed by atoms with Gasteiger partial charge in [-0.15, -0.1) is 0 Å². The van der Waals surface area contributed by atoms with Crippen molar-refractivity contribution in [3.05, 3.63) is 29.6 Å². The largest absolute Gasteiger partial charge is 0.335 e. The fourth-order valence-electron chi connectivity index (χ4n) is 2.83. The summed E-state index contributed by atoms with van der Waals surface area (Å²) in [6.07, 6.45) is 1.52. The predicted molar refractivity (Wildman–Crippen MR) is 95.3 cm³/mol. The van der Waals surface area contributed by atoms with Gasteiger partial charge in [-0.3, -0.25) is 19.5 Å². The van der Waals surface area contributed by atoms with E-state index < -0.39 is 5.41 Å². The van der Waals surface area contributed by atoms with E-state index in [1.54, 1.807) is 12.1 Å². The zero-order valence-corrected chi connectivity index (χ0v) is 15.7. The van der Waals surface area contributed by atoms with Crippen LogP contribution in [0.5, 0.6) is 0 Å². The van der Waals surface area contributed by atoms with Crippen LogP contribution in [-0.2, 0) is 0 Å². The van der Waals surface area contributed by atoms with Crippen molar-refractivity contribution < 1.29 is 9.59 Å². The molecule has 5 nitrogen and oxygen atoms in total. The van der Waals surface area contributed by atoms with Crippen LogP contribution in [0.15, 0.2) is 18.3 Å². The molecule has 2 rings (SSSR count). The Labute approximate surface area is 145 Å². The molecule has 0 radical (unpaired) electrons. The van der Waals surface area contributed by atoms with Crippen molar-refractivity contribution in [3.8, 4) is 0 Å². The molecule has 0 bridgehead atoms. The fourth-order valence-corrected chi connectivity index (χ4v) is 2.83. The van der Waals surface area contributed by atoms with Crippen LogP contribution in [0.25, 0.3) is 0 Å². The van der Waals surface area contributed by atoms with Crippen molar-refractivity contribution in [2.24, 2.45) is 5.41 Å². The van der Waals surface area contributed by atoms with Crippen LogP contribution in [0, 0.1) is 5.41 Å². The molecule has 0 spiro atoms. The fraction of sp³-hybridized carbons (Fsp3) is 0.632. The van der Waals surface area contributed by atoms with Crippen LogP contribution in [0.3, 0.4) is 0 Å². The summed E-state index contributed by atoms with van der Waals surface area (Å²) >= 11 is 0. The summed E-state index contributed by atoms with van der Waals surface area (Å²) in [5.41, 5.74) is 0.639. The lowest BCUT2D eigenvalue weighted by Gasteiger charge is -2.42. The quantitative estimate of drug-likeness (QED) is 0.782. The van der Waals surface area contributed by atoms with E-state index in [-0.39, 0.29) is 17.2 Å². The molecule has 0 N–H and O–H groups in total. The molecule has 132 valence electrons. The van der Waals surface area contributed by atoms with E-state index in [0.29, 0.717) is 24.3 Å². The van der Waals surface area contributed by atoms with Crippen molar-refractivity contribution in [1.29, 1.82) is 0 Å². The average molecular weight is 331 g/mol. The minimum atomic E-state index is -0.448. The molecule has 0 unspecified atom stereocenters. The van der Waals surface area contributed by atoms with Gasteiger partial charge in [0.15, 0.2) is 5.78 Å². The minimum Gasteiger partial charge on any atom is -0.335 e. The number of piperazine rings is 1. The summed E-state index contributed by atoms with van der Waals surface area (Å²) in [5, 5.41) is 0. The van der Waals surface area contributed by atoms with Crippen molar-refractivity contribution >= 4 is 11.7 Å². The molecule has 0 atom stereocenters. The van der Waals surface area contributed by atoms with Crippen LogP contribution in [0.2, 0.25) is 0 Å². The first kappa shape index (κ1) is 18.6. The average Bonchev–Trinajstić information content (AvgIpc) is 2.52. The van der Waals surface area contributed by atoms with Gasteiger partial charge in [0.25, 0.3) is 5.91 Å². The number of aromatic nitrogens is 1. The maximum Gasteiger partial charge on any atom is 0.272 e. The number of carbonyl (C=O) groups excluding carboxylic acids is 2. The monoisotopic (exact) mass is 331 g/mol. The Morgan fingerprint density at radius 1 is 0.958 bits per heavy atom. The maximum absolute atomic E-state index is 12.6. The number of rotatable bonds is 2. The molecule has 0 saturated carbocycles. The first-order valence-corrected chi connectivity index (χ1v) is 8.55. The van der Waals surface area contributed by atoms with Gasteiger partial charge in [-0.25, -0.2) is 0 Å². The molecule has 1 aromatic rings. The molecule has 1 fully saturated rings. The van der Waals surface area contributed by atoms with Crippen molar-refractivity contribution in [2.75, 3.05) is 26.2 Å². The number of nitrogens with zero attached hydrogens (tertiary/aromatic N) is 3. The molecule has 1 saturated heterocycles. The Hall–Kier alpha value is -1.75. The molecular weight excluding hydrogens is 302 g/mol. The van der Waals surface area contributed by atoms with E-state index in [2.05, 4.69) is 30.7 Å². The third kappa shape index (κ3) is 4.20. The Morgan fingerprint density at radius 3 is 1.96 bits per heavy atom. The van der Waals surface area contributed by atoms with Crippen LogP contribution in [0.4, 0.5) is 0 Å². The molecule has 2 heterocycles. The third-order valence-electron chi connectivity index (χ3n) is 4.44. The van der Waals surface area contributed by atoms with Crippen LogP contribution in [-0.4, -0.2) is 58.2 Å². The maximum atomic E-state index is 12.6. The number of ketones is 1. The van der Waals surface area contributed by atoms with Gasteiger partial charge in [-0.1, -0.05) is 20.8 Å². The van der Waals surface area contributed by atoms with Crippen molar-refractivity contribution in [2.45, 2.75) is 47.1 Å². The zero-order chi connectivity index (χ0) is 18.1. The van der Waals surface area contributed by atoms with E-state index in [9.17, 15) is 9.59 Å². The number of carbonyl (C=O) groups is 2. The van der Waals surface area contributed by atoms with E-state index in [1.165, 1.54) is 6.20 Å². The van der Waals surface area contributed by atoms with Gasteiger partial charge in [0.1, 0.15) is 5.69 Å². The van der Waals surface area contributed by atoms with Gasteiger partial charge in [-0.2, -0.15) is 0 Å². The topological polar surface area (TPSA) is 53.5 Å². The van der Waals surface area contributed by atoms with Crippen molar-refractivity contribution in [1.82, 2.24) is 14.8 Å². The summed E-state index contributed by atoms with van der Waals surface area (Å²) in [6.45, 7) is 15.4. The van der Waals surface area contributed by atoms with Gasteiger partial charge in [0.2, 0.25) is 0 Å². The van der Waals surface area contributed by atoms with E-state index in [1.807, 2.05) is 25.7 Å². The van der Waals surface area contributed by atoms with E-state index in [4.69, 9.17) is 0 Å². The molecular formula is C19H29N3O2. The highest BCUT2D eigenvalue weighted by atomic mass is 16.2. The van der Waals surface area contributed by atoms with Crippen LogP contribution < -0.4 is 0 Å². The SMILES string of the molecule is CC(C)(C)C(=O)c1ccc(C(=O)N2CCN(C(C)(C)C)CC2)nc1. The summed E-state index contributed by atoms with van der Waals surface area (Å²) < 4.78 is 0. The first-order valence-electron chi connectivity index (χ1n) is 8.55. The highest BCUT2D eigenvalue weighted by molar-refractivity contribution is 6.00. The highest BCUT2D eigenvalue weighted by Gasteiger charge is 2.29. The first-order chi connectivity index (χ1) is 11.0. The van der Waals surface area contributed by atoms with Gasteiger partial charge in [0, 0.05) is 48.9 Å². The Bertz CT molecular complexity index is 601. The standard InChI is InChI=1S/C19H29N3O2/c1-18(2,3)16(23)14-7-8-15(20-13-14)17(24)21-9-11-22(12-10-21)19(4,5)6/h7-8,13H,9-12H2,1-6H3. The van der Waals surface area contributed by atoms with Gasteiger partial charge in [-0.05, 0) is 32.9 Å². The normalized spacial score (nSPS) is 17.0. The number of amides is 1. The molecule has 0 aromatic carbocycles.